The topological polar surface area (TPSA) is 9.23 Å². The summed E-state index contributed by atoms with van der Waals surface area (Å²) < 4.78 is 5.68. The van der Waals surface area contributed by atoms with Gasteiger partial charge in [0.25, 0.3) is 0 Å². The van der Waals surface area contributed by atoms with Crippen molar-refractivity contribution in [2.24, 2.45) is 11.8 Å². The lowest BCUT2D eigenvalue weighted by Gasteiger charge is -2.32. The molecule has 0 aliphatic heterocycles. The van der Waals surface area contributed by atoms with E-state index < -0.39 is 0 Å². The van der Waals surface area contributed by atoms with Crippen LogP contribution < -0.4 is 0 Å². The zero-order valence-corrected chi connectivity index (χ0v) is 10.7. The van der Waals surface area contributed by atoms with E-state index in [-0.39, 0.29) is 0 Å². The standard InChI is InChI=1S/C14H21ClO/c1-2-16-14-9-5-12(6-10-14)11-3-7-13(15)8-4-11/h3,7-8,11-12,14H,2,4-6,9-10H2,1H3. The molecule has 0 radical (unpaired) electrons. The van der Waals surface area contributed by atoms with Gasteiger partial charge in [-0.25, -0.2) is 0 Å². The number of halogens is 1. The molecule has 0 aromatic rings. The summed E-state index contributed by atoms with van der Waals surface area (Å²) in [5, 5.41) is 0.902. The van der Waals surface area contributed by atoms with Crippen LogP contribution >= 0.6 is 11.6 Å². The van der Waals surface area contributed by atoms with Gasteiger partial charge in [0.05, 0.1) is 6.10 Å². The Morgan fingerprint density at radius 2 is 2.06 bits per heavy atom. The first-order valence-corrected chi connectivity index (χ1v) is 6.83. The van der Waals surface area contributed by atoms with E-state index in [1.54, 1.807) is 0 Å². The van der Waals surface area contributed by atoms with E-state index in [2.05, 4.69) is 25.2 Å². The first-order valence-electron chi connectivity index (χ1n) is 6.45. The fourth-order valence-corrected chi connectivity index (χ4v) is 3.04. The van der Waals surface area contributed by atoms with E-state index in [9.17, 15) is 0 Å². The molecular weight excluding hydrogens is 220 g/mol. The van der Waals surface area contributed by atoms with Crippen molar-refractivity contribution in [2.75, 3.05) is 6.61 Å². The first kappa shape index (κ1) is 12.2. The van der Waals surface area contributed by atoms with Gasteiger partial charge in [-0.05, 0) is 56.9 Å². The Labute approximate surface area is 104 Å². The maximum atomic E-state index is 5.94. The molecular formula is C14H21ClO. The Bertz CT molecular complexity index is 274. The van der Waals surface area contributed by atoms with Gasteiger partial charge in [0.1, 0.15) is 0 Å². The number of ether oxygens (including phenoxy) is 1. The molecule has 2 aliphatic carbocycles. The smallest absolute Gasteiger partial charge is 0.0575 e. The maximum Gasteiger partial charge on any atom is 0.0575 e. The predicted octanol–water partition coefficient (Wildman–Crippen LogP) is 4.28. The molecule has 1 unspecified atom stereocenters. The Morgan fingerprint density at radius 3 is 2.62 bits per heavy atom. The summed E-state index contributed by atoms with van der Waals surface area (Å²) in [7, 11) is 0. The molecule has 1 nitrogen and oxygen atoms in total. The first-order chi connectivity index (χ1) is 7.79. The van der Waals surface area contributed by atoms with Gasteiger partial charge in [-0.2, -0.15) is 0 Å². The fraction of sp³-hybridized carbons (Fsp3) is 0.714. The lowest BCUT2D eigenvalue weighted by molar-refractivity contribution is 0.0210. The highest BCUT2D eigenvalue weighted by Crippen LogP contribution is 2.36. The molecule has 1 fully saturated rings. The van der Waals surface area contributed by atoms with Gasteiger partial charge in [-0.1, -0.05) is 23.8 Å². The highest BCUT2D eigenvalue weighted by atomic mass is 35.5. The molecule has 0 aromatic heterocycles. The Balaban J connectivity index is 1.79. The molecule has 0 heterocycles. The van der Waals surface area contributed by atoms with Crippen LogP contribution in [0.1, 0.15) is 39.0 Å². The molecule has 2 rings (SSSR count). The number of allylic oxidation sites excluding steroid dienone is 4. The zero-order valence-electron chi connectivity index (χ0n) is 9.99. The summed E-state index contributed by atoms with van der Waals surface area (Å²) in [5.74, 6) is 1.55. The van der Waals surface area contributed by atoms with Gasteiger partial charge in [0.15, 0.2) is 0 Å². The molecule has 2 aliphatic rings. The monoisotopic (exact) mass is 240 g/mol. The van der Waals surface area contributed by atoms with Crippen LogP contribution in [0.4, 0.5) is 0 Å². The molecule has 0 saturated heterocycles. The van der Waals surface area contributed by atoms with Crippen LogP contribution in [-0.2, 0) is 4.74 Å². The lowest BCUT2D eigenvalue weighted by Crippen LogP contribution is -2.25. The maximum absolute atomic E-state index is 5.94. The minimum absolute atomic E-state index is 0.521. The van der Waals surface area contributed by atoms with Crippen LogP contribution in [0.3, 0.4) is 0 Å². The predicted molar refractivity (Wildman–Crippen MR) is 68.6 cm³/mol. The van der Waals surface area contributed by atoms with E-state index in [0.717, 1.165) is 24.0 Å². The second kappa shape index (κ2) is 5.88. The van der Waals surface area contributed by atoms with Crippen molar-refractivity contribution >= 4 is 11.6 Å². The van der Waals surface area contributed by atoms with Crippen molar-refractivity contribution in [2.45, 2.75) is 45.1 Å². The van der Waals surface area contributed by atoms with Crippen LogP contribution in [-0.4, -0.2) is 12.7 Å². The molecule has 1 saturated carbocycles. The molecule has 0 spiro atoms. The quantitative estimate of drug-likeness (QED) is 0.716. The van der Waals surface area contributed by atoms with E-state index in [1.165, 1.54) is 25.7 Å². The van der Waals surface area contributed by atoms with Gasteiger partial charge in [0.2, 0.25) is 0 Å². The Hall–Kier alpha value is -0.270. The highest BCUT2D eigenvalue weighted by Gasteiger charge is 2.26. The summed E-state index contributed by atoms with van der Waals surface area (Å²) in [6.07, 6.45) is 13.3. The molecule has 0 N–H and O–H groups in total. The van der Waals surface area contributed by atoms with Crippen LogP contribution in [0.2, 0.25) is 0 Å². The molecule has 0 amide bonds. The van der Waals surface area contributed by atoms with Crippen molar-refractivity contribution in [1.29, 1.82) is 0 Å². The Morgan fingerprint density at radius 1 is 1.31 bits per heavy atom. The second-order valence-corrected chi connectivity index (χ2v) is 5.28. The molecule has 2 heteroatoms. The summed E-state index contributed by atoms with van der Waals surface area (Å²) in [6.45, 7) is 2.94. The molecule has 90 valence electrons. The van der Waals surface area contributed by atoms with E-state index >= 15 is 0 Å². The second-order valence-electron chi connectivity index (χ2n) is 4.84. The van der Waals surface area contributed by atoms with Gasteiger partial charge < -0.3 is 4.74 Å². The third kappa shape index (κ3) is 3.11. The summed E-state index contributed by atoms with van der Waals surface area (Å²) in [5.41, 5.74) is 0. The van der Waals surface area contributed by atoms with Crippen molar-refractivity contribution in [1.82, 2.24) is 0 Å². The number of rotatable bonds is 3. The number of hydrogen-bond donors (Lipinski definition) is 0. The van der Waals surface area contributed by atoms with Crippen LogP contribution in [0, 0.1) is 11.8 Å². The molecule has 16 heavy (non-hydrogen) atoms. The minimum atomic E-state index is 0.521. The van der Waals surface area contributed by atoms with Crippen molar-refractivity contribution < 1.29 is 4.74 Å². The van der Waals surface area contributed by atoms with Gasteiger partial charge in [0, 0.05) is 11.6 Å². The van der Waals surface area contributed by atoms with E-state index in [1.807, 2.05) is 0 Å². The van der Waals surface area contributed by atoms with Gasteiger partial charge >= 0.3 is 0 Å². The van der Waals surface area contributed by atoms with E-state index in [4.69, 9.17) is 16.3 Å². The summed E-state index contributed by atoms with van der Waals surface area (Å²) in [6, 6.07) is 0. The average Bonchev–Trinajstić information content (AvgIpc) is 2.32. The highest BCUT2D eigenvalue weighted by molar-refractivity contribution is 6.31. The van der Waals surface area contributed by atoms with E-state index in [0.29, 0.717) is 12.0 Å². The fourth-order valence-electron chi connectivity index (χ4n) is 2.88. The zero-order chi connectivity index (χ0) is 11.4. The van der Waals surface area contributed by atoms with Crippen LogP contribution in [0.5, 0.6) is 0 Å². The van der Waals surface area contributed by atoms with Gasteiger partial charge in [-0.15, -0.1) is 0 Å². The van der Waals surface area contributed by atoms with Crippen molar-refractivity contribution in [3.05, 3.63) is 23.3 Å². The largest absolute Gasteiger partial charge is 0.379 e. The van der Waals surface area contributed by atoms with Crippen LogP contribution in [0.25, 0.3) is 0 Å². The minimum Gasteiger partial charge on any atom is -0.379 e. The average molecular weight is 241 g/mol. The van der Waals surface area contributed by atoms with Crippen LogP contribution in [0.15, 0.2) is 23.3 Å². The summed E-state index contributed by atoms with van der Waals surface area (Å²) in [4.78, 5) is 0. The third-order valence-corrected chi connectivity index (χ3v) is 4.09. The number of hydrogen-bond acceptors (Lipinski definition) is 1. The lowest BCUT2D eigenvalue weighted by atomic mass is 9.76. The Kier molecular flexibility index (Phi) is 4.48. The van der Waals surface area contributed by atoms with Gasteiger partial charge in [-0.3, -0.25) is 0 Å². The molecule has 0 bridgehead atoms. The molecule has 1 atom stereocenters. The SMILES string of the molecule is CCOC1CCC(C2C=CC(Cl)=CC2)CC1. The summed E-state index contributed by atoms with van der Waals surface area (Å²) >= 11 is 5.94. The van der Waals surface area contributed by atoms with Crippen molar-refractivity contribution in [3.63, 3.8) is 0 Å². The molecule has 0 aromatic carbocycles. The third-order valence-electron chi connectivity index (χ3n) is 3.81. The normalized spacial score (nSPS) is 34.9. The van der Waals surface area contributed by atoms with Crippen molar-refractivity contribution in [3.8, 4) is 0 Å².